The minimum Gasteiger partial charge on any atom is -0.331 e. The molecule has 0 saturated carbocycles. The molecule has 0 bridgehead atoms. The molecule has 1 fully saturated rings. The Hall–Kier alpha value is -0.970. The van der Waals surface area contributed by atoms with Crippen molar-refractivity contribution in [1.29, 1.82) is 0 Å². The lowest BCUT2D eigenvalue weighted by atomic mass is 10.1. The topological polar surface area (TPSA) is 20.3 Å². The molecule has 2 aromatic rings. The molecule has 5 heteroatoms. The molecular formula is C16H16ClNOS2. The fraction of sp³-hybridized carbons (Fsp3) is 0.312. The minimum absolute atomic E-state index is 0.0480. The summed E-state index contributed by atoms with van der Waals surface area (Å²) in [5, 5.41) is 2.60. The van der Waals surface area contributed by atoms with Crippen molar-refractivity contribution in [2.24, 2.45) is 0 Å². The standard InChI is InChI=1S/C16H16ClNOS2/c1-20-11-6-7-13(17)12(10-11)16(19)18-8-2-4-14(18)15-5-3-9-21-15/h3,5-7,9-10,14H,2,4,8H2,1H3/t14-/m1/s1. The summed E-state index contributed by atoms with van der Waals surface area (Å²) in [6.45, 7) is 0.807. The van der Waals surface area contributed by atoms with E-state index < -0.39 is 0 Å². The molecule has 2 heterocycles. The third-order valence-corrected chi connectivity index (χ3v) is 5.82. The number of thioether (sulfide) groups is 1. The van der Waals surface area contributed by atoms with Crippen LogP contribution in [-0.4, -0.2) is 23.6 Å². The summed E-state index contributed by atoms with van der Waals surface area (Å²) in [4.78, 5) is 17.2. The molecule has 3 rings (SSSR count). The lowest BCUT2D eigenvalue weighted by molar-refractivity contribution is 0.0738. The zero-order chi connectivity index (χ0) is 14.8. The van der Waals surface area contributed by atoms with Gasteiger partial charge in [0.1, 0.15) is 0 Å². The number of amides is 1. The van der Waals surface area contributed by atoms with E-state index in [1.807, 2.05) is 35.4 Å². The second kappa shape index (κ2) is 6.42. The van der Waals surface area contributed by atoms with Gasteiger partial charge >= 0.3 is 0 Å². The van der Waals surface area contributed by atoms with E-state index in [1.165, 1.54) is 4.88 Å². The van der Waals surface area contributed by atoms with Crippen LogP contribution < -0.4 is 0 Å². The van der Waals surface area contributed by atoms with Gasteiger partial charge in [0.2, 0.25) is 0 Å². The molecule has 110 valence electrons. The van der Waals surface area contributed by atoms with E-state index in [4.69, 9.17) is 11.6 Å². The highest BCUT2D eigenvalue weighted by atomic mass is 35.5. The molecule has 21 heavy (non-hydrogen) atoms. The molecule has 0 unspecified atom stereocenters. The van der Waals surface area contributed by atoms with E-state index in [0.717, 1.165) is 24.3 Å². The van der Waals surface area contributed by atoms with Crippen molar-refractivity contribution in [2.75, 3.05) is 12.8 Å². The SMILES string of the molecule is CSc1ccc(Cl)c(C(=O)N2CCC[C@@H]2c2cccs2)c1. The summed E-state index contributed by atoms with van der Waals surface area (Å²) < 4.78 is 0. The molecule has 0 spiro atoms. The van der Waals surface area contributed by atoms with Crippen molar-refractivity contribution in [3.8, 4) is 0 Å². The first-order valence-electron chi connectivity index (χ1n) is 6.88. The molecule has 2 nitrogen and oxygen atoms in total. The number of hydrogen-bond acceptors (Lipinski definition) is 3. The number of thiophene rings is 1. The normalized spacial score (nSPS) is 18.2. The van der Waals surface area contributed by atoms with Crippen LogP contribution in [0.1, 0.15) is 34.1 Å². The molecular weight excluding hydrogens is 322 g/mol. The first-order valence-corrected chi connectivity index (χ1v) is 9.37. The molecule has 1 aromatic carbocycles. The molecule has 1 atom stereocenters. The van der Waals surface area contributed by atoms with Crippen LogP contribution >= 0.6 is 34.7 Å². The van der Waals surface area contributed by atoms with Crippen LogP contribution in [0.15, 0.2) is 40.6 Å². The van der Waals surface area contributed by atoms with Gasteiger partial charge in [-0.1, -0.05) is 17.7 Å². The van der Waals surface area contributed by atoms with E-state index in [-0.39, 0.29) is 11.9 Å². The van der Waals surface area contributed by atoms with Gasteiger partial charge in [-0.2, -0.15) is 0 Å². The van der Waals surface area contributed by atoms with E-state index in [1.54, 1.807) is 23.1 Å². The molecule has 1 aromatic heterocycles. The Bertz CT molecular complexity index is 642. The van der Waals surface area contributed by atoms with Gasteiger partial charge in [0, 0.05) is 16.3 Å². The Labute approximate surface area is 138 Å². The summed E-state index contributed by atoms with van der Waals surface area (Å²) >= 11 is 9.59. The van der Waals surface area contributed by atoms with Crippen molar-refractivity contribution in [3.63, 3.8) is 0 Å². The van der Waals surface area contributed by atoms with E-state index >= 15 is 0 Å². The number of likely N-dealkylation sites (tertiary alicyclic amines) is 1. The molecule has 1 saturated heterocycles. The first kappa shape index (κ1) is 14.9. The van der Waals surface area contributed by atoms with E-state index in [0.29, 0.717) is 10.6 Å². The largest absolute Gasteiger partial charge is 0.331 e. The van der Waals surface area contributed by atoms with Crippen molar-refractivity contribution < 1.29 is 4.79 Å². The summed E-state index contributed by atoms with van der Waals surface area (Å²) in [7, 11) is 0. The Morgan fingerprint density at radius 1 is 1.43 bits per heavy atom. The van der Waals surface area contributed by atoms with Gasteiger partial charge in [-0.05, 0) is 48.7 Å². The van der Waals surface area contributed by atoms with Crippen LogP contribution in [0, 0.1) is 0 Å². The minimum atomic E-state index is 0.0480. The summed E-state index contributed by atoms with van der Waals surface area (Å²) in [5.41, 5.74) is 0.618. The lowest BCUT2D eigenvalue weighted by Gasteiger charge is -2.24. The average Bonchev–Trinajstić information content (AvgIpc) is 3.17. The summed E-state index contributed by atoms with van der Waals surface area (Å²) in [6.07, 6.45) is 4.09. The highest BCUT2D eigenvalue weighted by molar-refractivity contribution is 7.98. The zero-order valence-electron chi connectivity index (χ0n) is 11.7. The second-order valence-electron chi connectivity index (χ2n) is 5.02. The Balaban J connectivity index is 1.91. The number of hydrogen-bond donors (Lipinski definition) is 0. The number of carbonyl (C=O) groups excluding carboxylic acids is 1. The Morgan fingerprint density at radius 3 is 3.00 bits per heavy atom. The quantitative estimate of drug-likeness (QED) is 0.726. The number of rotatable bonds is 3. The van der Waals surface area contributed by atoms with Gasteiger partial charge in [0.05, 0.1) is 16.6 Å². The van der Waals surface area contributed by atoms with Crippen LogP contribution in [0.5, 0.6) is 0 Å². The predicted molar refractivity (Wildman–Crippen MR) is 90.6 cm³/mol. The maximum atomic E-state index is 12.9. The summed E-state index contributed by atoms with van der Waals surface area (Å²) in [6, 6.07) is 10.0. The van der Waals surface area contributed by atoms with Gasteiger partial charge in [-0.3, -0.25) is 4.79 Å². The second-order valence-corrected chi connectivity index (χ2v) is 7.28. The van der Waals surface area contributed by atoms with Crippen molar-refractivity contribution in [3.05, 3.63) is 51.2 Å². The maximum Gasteiger partial charge on any atom is 0.255 e. The van der Waals surface area contributed by atoms with E-state index in [9.17, 15) is 4.79 Å². The van der Waals surface area contributed by atoms with E-state index in [2.05, 4.69) is 11.4 Å². The number of halogens is 1. The monoisotopic (exact) mass is 337 g/mol. The molecule has 1 amide bonds. The first-order chi connectivity index (χ1) is 10.2. The fourth-order valence-electron chi connectivity index (χ4n) is 2.74. The van der Waals surface area contributed by atoms with Crippen molar-refractivity contribution in [2.45, 2.75) is 23.8 Å². The van der Waals surface area contributed by atoms with Crippen LogP contribution in [0.3, 0.4) is 0 Å². The molecule has 1 aliphatic heterocycles. The van der Waals surface area contributed by atoms with Gasteiger partial charge in [-0.15, -0.1) is 23.1 Å². The maximum absolute atomic E-state index is 12.9. The highest BCUT2D eigenvalue weighted by Gasteiger charge is 2.32. The summed E-state index contributed by atoms with van der Waals surface area (Å²) in [5.74, 6) is 0.0480. The molecule has 0 N–H and O–H groups in total. The Morgan fingerprint density at radius 2 is 2.29 bits per heavy atom. The zero-order valence-corrected chi connectivity index (χ0v) is 14.1. The van der Waals surface area contributed by atoms with Crippen molar-refractivity contribution >= 4 is 40.6 Å². The number of benzene rings is 1. The highest BCUT2D eigenvalue weighted by Crippen LogP contribution is 2.36. The van der Waals surface area contributed by atoms with Crippen LogP contribution in [0.4, 0.5) is 0 Å². The molecule has 0 aliphatic carbocycles. The third kappa shape index (κ3) is 2.98. The number of carbonyl (C=O) groups is 1. The Kier molecular flexibility index (Phi) is 4.57. The predicted octanol–water partition coefficient (Wildman–Crippen LogP) is 5.10. The molecule has 1 aliphatic rings. The average molecular weight is 338 g/mol. The fourth-order valence-corrected chi connectivity index (χ4v) is 4.25. The smallest absolute Gasteiger partial charge is 0.255 e. The van der Waals surface area contributed by atoms with Crippen LogP contribution in [0.25, 0.3) is 0 Å². The van der Waals surface area contributed by atoms with Crippen LogP contribution in [-0.2, 0) is 0 Å². The van der Waals surface area contributed by atoms with Gasteiger partial charge in [0.25, 0.3) is 5.91 Å². The number of nitrogens with zero attached hydrogens (tertiary/aromatic N) is 1. The molecule has 0 radical (unpaired) electrons. The van der Waals surface area contributed by atoms with Crippen molar-refractivity contribution in [1.82, 2.24) is 4.90 Å². The van der Waals surface area contributed by atoms with Gasteiger partial charge < -0.3 is 4.90 Å². The third-order valence-electron chi connectivity index (χ3n) is 3.79. The van der Waals surface area contributed by atoms with Crippen LogP contribution in [0.2, 0.25) is 5.02 Å². The van der Waals surface area contributed by atoms with Gasteiger partial charge in [0.15, 0.2) is 0 Å². The lowest BCUT2D eigenvalue weighted by Crippen LogP contribution is -2.30. The van der Waals surface area contributed by atoms with Gasteiger partial charge in [-0.25, -0.2) is 0 Å².